The molecule has 1 heterocycles. The number of H-pyrrole nitrogens is 1. The normalized spacial score (nSPS) is 10.8. The summed E-state index contributed by atoms with van der Waals surface area (Å²) in [5.41, 5.74) is 1.18. The molecule has 1 rings (SSSR count). The molecule has 0 aromatic carbocycles. The van der Waals surface area contributed by atoms with E-state index in [1.165, 1.54) is 5.69 Å². The lowest BCUT2D eigenvalue weighted by Gasteiger charge is -1.97. The molecule has 56 valence electrons. The smallest absolute Gasteiger partial charge is 0.115 e. The van der Waals surface area contributed by atoms with Crippen LogP contribution in [0, 0.1) is 0 Å². The van der Waals surface area contributed by atoms with Crippen LogP contribution in [0.25, 0.3) is 0 Å². The fourth-order valence-electron chi connectivity index (χ4n) is 0.752. The summed E-state index contributed by atoms with van der Waals surface area (Å²) >= 11 is 4.10. The quantitative estimate of drug-likeness (QED) is 0.630. The zero-order valence-corrected chi connectivity index (χ0v) is 7.15. The molecule has 0 saturated heterocycles. The number of thiol groups is 1. The molecule has 0 fully saturated rings. The summed E-state index contributed by atoms with van der Waals surface area (Å²) in [4.78, 5) is 7.30. The average Bonchev–Trinajstić information content (AvgIpc) is 2.34. The van der Waals surface area contributed by atoms with Gasteiger partial charge in [-0.1, -0.05) is 13.8 Å². The van der Waals surface area contributed by atoms with Gasteiger partial charge in [-0.25, -0.2) is 4.98 Å². The standard InChI is InChI=1S/C7H12N2S/c1-5(2)6-3-8-7(4-10)9-6/h3,5,10H,4H2,1-2H3,(H,8,9). The molecule has 1 aromatic heterocycles. The lowest BCUT2D eigenvalue weighted by Crippen LogP contribution is -1.86. The summed E-state index contributed by atoms with van der Waals surface area (Å²) in [6.45, 7) is 4.27. The maximum atomic E-state index is 4.12. The van der Waals surface area contributed by atoms with Gasteiger partial charge in [-0.15, -0.1) is 0 Å². The zero-order chi connectivity index (χ0) is 7.56. The first-order valence-corrected chi connectivity index (χ1v) is 4.02. The van der Waals surface area contributed by atoms with Crippen LogP contribution in [-0.4, -0.2) is 9.97 Å². The summed E-state index contributed by atoms with van der Waals surface area (Å²) in [5.74, 6) is 2.17. The molecule has 2 nitrogen and oxygen atoms in total. The largest absolute Gasteiger partial charge is 0.345 e. The van der Waals surface area contributed by atoms with Crippen molar-refractivity contribution in [1.29, 1.82) is 0 Å². The van der Waals surface area contributed by atoms with Crippen molar-refractivity contribution in [2.75, 3.05) is 0 Å². The van der Waals surface area contributed by atoms with Gasteiger partial charge in [0.1, 0.15) is 5.82 Å². The number of rotatable bonds is 2. The first-order chi connectivity index (χ1) is 4.74. The van der Waals surface area contributed by atoms with Gasteiger partial charge in [-0.2, -0.15) is 12.6 Å². The molecule has 0 saturated carbocycles. The van der Waals surface area contributed by atoms with Crippen LogP contribution in [0.3, 0.4) is 0 Å². The van der Waals surface area contributed by atoms with E-state index < -0.39 is 0 Å². The lowest BCUT2D eigenvalue weighted by atomic mass is 10.2. The summed E-state index contributed by atoms with van der Waals surface area (Å²) in [6, 6.07) is 0. The fraction of sp³-hybridized carbons (Fsp3) is 0.571. The number of imidazole rings is 1. The monoisotopic (exact) mass is 156 g/mol. The van der Waals surface area contributed by atoms with E-state index in [2.05, 4.69) is 36.4 Å². The van der Waals surface area contributed by atoms with Crippen molar-refractivity contribution in [3.05, 3.63) is 17.7 Å². The van der Waals surface area contributed by atoms with Crippen molar-refractivity contribution in [3.8, 4) is 0 Å². The highest BCUT2D eigenvalue weighted by atomic mass is 32.1. The van der Waals surface area contributed by atoms with Crippen LogP contribution < -0.4 is 0 Å². The Bertz CT molecular complexity index is 205. The molecule has 0 radical (unpaired) electrons. The third-order valence-corrected chi connectivity index (χ3v) is 1.72. The molecular weight excluding hydrogens is 144 g/mol. The van der Waals surface area contributed by atoms with E-state index in [0.717, 1.165) is 5.82 Å². The zero-order valence-electron chi connectivity index (χ0n) is 6.26. The minimum Gasteiger partial charge on any atom is -0.345 e. The van der Waals surface area contributed by atoms with E-state index in [4.69, 9.17) is 0 Å². The molecule has 1 aromatic rings. The van der Waals surface area contributed by atoms with Crippen LogP contribution in [0.1, 0.15) is 31.3 Å². The van der Waals surface area contributed by atoms with Gasteiger partial charge in [-0.3, -0.25) is 0 Å². The number of aromatic nitrogens is 2. The Morgan fingerprint density at radius 2 is 2.40 bits per heavy atom. The van der Waals surface area contributed by atoms with Crippen molar-refractivity contribution in [3.63, 3.8) is 0 Å². The average molecular weight is 156 g/mol. The number of nitrogens with one attached hydrogen (secondary N) is 1. The van der Waals surface area contributed by atoms with E-state index in [9.17, 15) is 0 Å². The van der Waals surface area contributed by atoms with Crippen LogP contribution in [0.4, 0.5) is 0 Å². The maximum absolute atomic E-state index is 4.12. The van der Waals surface area contributed by atoms with Gasteiger partial charge in [0, 0.05) is 17.6 Å². The Labute approximate surface area is 66.5 Å². The van der Waals surface area contributed by atoms with Crippen LogP contribution in [0.5, 0.6) is 0 Å². The van der Waals surface area contributed by atoms with E-state index in [0.29, 0.717) is 11.7 Å². The summed E-state index contributed by atoms with van der Waals surface area (Å²) in [7, 11) is 0. The van der Waals surface area contributed by atoms with E-state index in [-0.39, 0.29) is 0 Å². The predicted molar refractivity (Wildman–Crippen MR) is 45.4 cm³/mol. The van der Waals surface area contributed by atoms with Crippen molar-refractivity contribution in [1.82, 2.24) is 9.97 Å². The van der Waals surface area contributed by atoms with E-state index in [1.54, 1.807) is 0 Å². The molecule has 0 bridgehead atoms. The predicted octanol–water partition coefficient (Wildman–Crippen LogP) is 1.96. The Kier molecular flexibility index (Phi) is 2.38. The highest BCUT2D eigenvalue weighted by Gasteiger charge is 2.01. The molecule has 1 N–H and O–H groups in total. The van der Waals surface area contributed by atoms with Crippen molar-refractivity contribution in [2.24, 2.45) is 0 Å². The summed E-state index contributed by atoms with van der Waals surface area (Å²) < 4.78 is 0. The molecular formula is C7H12N2S. The van der Waals surface area contributed by atoms with Gasteiger partial charge in [0.2, 0.25) is 0 Å². The molecule has 10 heavy (non-hydrogen) atoms. The minimum atomic E-state index is 0.529. The van der Waals surface area contributed by atoms with Crippen LogP contribution in [-0.2, 0) is 5.75 Å². The first kappa shape index (κ1) is 7.66. The topological polar surface area (TPSA) is 28.7 Å². The molecule has 0 atom stereocenters. The minimum absolute atomic E-state index is 0.529. The fourth-order valence-corrected chi connectivity index (χ4v) is 0.913. The van der Waals surface area contributed by atoms with Crippen molar-refractivity contribution in [2.45, 2.75) is 25.5 Å². The highest BCUT2D eigenvalue weighted by molar-refractivity contribution is 7.79. The molecule has 0 aliphatic heterocycles. The maximum Gasteiger partial charge on any atom is 0.115 e. The van der Waals surface area contributed by atoms with Gasteiger partial charge in [0.15, 0.2) is 0 Å². The third-order valence-electron chi connectivity index (χ3n) is 1.42. The van der Waals surface area contributed by atoms with Crippen molar-refractivity contribution < 1.29 is 0 Å². The van der Waals surface area contributed by atoms with Crippen LogP contribution >= 0.6 is 12.6 Å². The third kappa shape index (κ3) is 1.53. The van der Waals surface area contributed by atoms with Gasteiger partial charge in [0.05, 0.1) is 0 Å². The molecule has 0 spiro atoms. The second-order valence-electron chi connectivity index (χ2n) is 2.60. The summed E-state index contributed by atoms with van der Waals surface area (Å²) in [6.07, 6.45) is 1.87. The van der Waals surface area contributed by atoms with Crippen LogP contribution in [0.2, 0.25) is 0 Å². The summed E-state index contributed by atoms with van der Waals surface area (Å²) in [5, 5.41) is 0. The molecule has 0 aliphatic carbocycles. The van der Waals surface area contributed by atoms with Gasteiger partial charge in [-0.05, 0) is 5.92 Å². The highest BCUT2D eigenvalue weighted by Crippen LogP contribution is 2.11. The first-order valence-electron chi connectivity index (χ1n) is 3.38. The number of hydrogen-bond acceptors (Lipinski definition) is 2. The number of hydrogen-bond donors (Lipinski definition) is 2. The Morgan fingerprint density at radius 1 is 1.70 bits per heavy atom. The van der Waals surface area contributed by atoms with Gasteiger partial charge < -0.3 is 4.98 Å². The number of nitrogens with zero attached hydrogens (tertiary/aromatic N) is 1. The molecule has 0 aliphatic rings. The Morgan fingerprint density at radius 3 is 2.70 bits per heavy atom. The molecule has 0 unspecified atom stereocenters. The second kappa shape index (κ2) is 3.10. The second-order valence-corrected chi connectivity index (χ2v) is 2.91. The Hall–Kier alpha value is -0.440. The number of aromatic amines is 1. The molecule has 3 heteroatoms. The SMILES string of the molecule is CC(C)c1cnc(CS)[nH]1. The van der Waals surface area contributed by atoms with Crippen molar-refractivity contribution >= 4 is 12.6 Å². The lowest BCUT2D eigenvalue weighted by molar-refractivity contribution is 0.828. The van der Waals surface area contributed by atoms with Crippen LogP contribution in [0.15, 0.2) is 6.20 Å². The molecule has 0 amide bonds. The van der Waals surface area contributed by atoms with Gasteiger partial charge >= 0.3 is 0 Å². The van der Waals surface area contributed by atoms with E-state index in [1.807, 2.05) is 6.20 Å². The Balaban J connectivity index is 2.78. The van der Waals surface area contributed by atoms with Gasteiger partial charge in [0.25, 0.3) is 0 Å². The van der Waals surface area contributed by atoms with E-state index >= 15 is 0 Å².